The van der Waals surface area contributed by atoms with E-state index in [4.69, 9.17) is 10.5 Å². The van der Waals surface area contributed by atoms with Crippen molar-refractivity contribution in [1.82, 2.24) is 10.4 Å². The van der Waals surface area contributed by atoms with Gasteiger partial charge in [0.1, 0.15) is 12.4 Å². The van der Waals surface area contributed by atoms with E-state index in [9.17, 15) is 4.79 Å². The van der Waals surface area contributed by atoms with E-state index < -0.39 is 0 Å². The summed E-state index contributed by atoms with van der Waals surface area (Å²) in [5, 5.41) is 3.79. The molecule has 0 spiro atoms. The summed E-state index contributed by atoms with van der Waals surface area (Å²) in [5.41, 5.74) is 9.53. The SMILES string of the molecule is Cc1ccccc1OC/C(N)=N\NC(=O)c1ccncc1. The Bertz CT molecular complexity index is 641. The normalized spacial score (nSPS) is 11.0. The van der Waals surface area contributed by atoms with Gasteiger partial charge in [0, 0.05) is 18.0 Å². The molecule has 1 amide bonds. The molecule has 108 valence electrons. The van der Waals surface area contributed by atoms with Gasteiger partial charge in [-0.2, -0.15) is 5.10 Å². The highest BCUT2D eigenvalue weighted by molar-refractivity contribution is 5.95. The van der Waals surface area contributed by atoms with Crippen LogP contribution in [0, 0.1) is 6.92 Å². The average Bonchev–Trinajstić information content (AvgIpc) is 2.52. The van der Waals surface area contributed by atoms with Gasteiger partial charge in [0.25, 0.3) is 5.91 Å². The summed E-state index contributed by atoms with van der Waals surface area (Å²) in [7, 11) is 0. The second kappa shape index (κ2) is 7.04. The van der Waals surface area contributed by atoms with Gasteiger partial charge in [-0.05, 0) is 30.7 Å². The van der Waals surface area contributed by atoms with Crippen molar-refractivity contribution in [2.75, 3.05) is 6.61 Å². The molecule has 2 rings (SSSR count). The number of amidine groups is 1. The molecule has 0 aliphatic carbocycles. The molecule has 1 aromatic carbocycles. The summed E-state index contributed by atoms with van der Waals surface area (Å²) in [6, 6.07) is 10.8. The summed E-state index contributed by atoms with van der Waals surface area (Å²) in [4.78, 5) is 15.6. The van der Waals surface area contributed by atoms with Gasteiger partial charge in [-0.3, -0.25) is 9.78 Å². The predicted octanol–water partition coefficient (Wildman–Crippen LogP) is 1.47. The number of carbonyl (C=O) groups excluding carboxylic acids is 1. The summed E-state index contributed by atoms with van der Waals surface area (Å²) in [6.07, 6.45) is 3.06. The fourth-order valence-electron chi connectivity index (χ4n) is 1.59. The number of hydrogen-bond acceptors (Lipinski definition) is 4. The molecule has 0 aliphatic rings. The number of rotatable bonds is 5. The Morgan fingerprint density at radius 2 is 2.00 bits per heavy atom. The topological polar surface area (TPSA) is 89.6 Å². The van der Waals surface area contributed by atoms with Gasteiger partial charge in [0.15, 0.2) is 5.84 Å². The van der Waals surface area contributed by atoms with Crippen LogP contribution in [0.1, 0.15) is 15.9 Å². The van der Waals surface area contributed by atoms with Gasteiger partial charge >= 0.3 is 0 Å². The Kier molecular flexibility index (Phi) is 4.87. The smallest absolute Gasteiger partial charge is 0.271 e. The Balaban J connectivity index is 1.87. The molecule has 1 heterocycles. The Morgan fingerprint density at radius 1 is 1.29 bits per heavy atom. The van der Waals surface area contributed by atoms with Gasteiger partial charge in [-0.1, -0.05) is 18.2 Å². The molecule has 1 aromatic heterocycles. The maximum Gasteiger partial charge on any atom is 0.271 e. The maximum atomic E-state index is 11.7. The van der Waals surface area contributed by atoms with Crippen molar-refractivity contribution in [2.45, 2.75) is 6.92 Å². The molecule has 0 saturated carbocycles. The van der Waals surface area contributed by atoms with Crippen LogP contribution < -0.4 is 15.9 Å². The number of nitrogens with zero attached hydrogens (tertiary/aromatic N) is 2. The minimum Gasteiger partial charge on any atom is -0.485 e. The molecule has 3 N–H and O–H groups in total. The molecule has 0 aliphatic heterocycles. The summed E-state index contributed by atoms with van der Waals surface area (Å²) in [6.45, 7) is 2.04. The molecule has 0 fully saturated rings. The molecular weight excluding hydrogens is 268 g/mol. The zero-order chi connectivity index (χ0) is 15.1. The van der Waals surface area contributed by atoms with E-state index >= 15 is 0 Å². The second-order valence-corrected chi connectivity index (χ2v) is 4.33. The first-order valence-corrected chi connectivity index (χ1v) is 6.37. The van der Waals surface area contributed by atoms with E-state index in [1.54, 1.807) is 12.1 Å². The number of aromatic nitrogens is 1. The Morgan fingerprint density at radius 3 is 2.71 bits per heavy atom. The maximum absolute atomic E-state index is 11.7. The van der Waals surface area contributed by atoms with Crippen molar-refractivity contribution >= 4 is 11.7 Å². The predicted molar refractivity (Wildman–Crippen MR) is 80.0 cm³/mol. The average molecular weight is 284 g/mol. The number of aryl methyl sites for hydroxylation is 1. The van der Waals surface area contributed by atoms with Crippen LogP contribution in [-0.2, 0) is 0 Å². The number of hydrogen-bond donors (Lipinski definition) is 2. The van der Waals surface area contributed by atoms with E-state index in [-0.39, 0.29) is 18.3 Å². The molecule has 2 aromatic rings. The van der Waals surface area contributed by atoms with E-state index in [2.05, 4.69) is 15.5 Å². The molecule has 0 bridgehead atoms. The minimum atomic E-state index is -0.351. The molecule has 0 unspecified atom stereocenters. The van der Waals surface area contributed by atoms with Crippen molar-refractivity contribution in [1.29, 1.82) is 0 Å². The molecule has 0 saturated heterocycles. The second-order valence-electron chi connectivity index (χ2n) is 4.33. The standard InChI is InChI=1S/C15H16N4O2/c1-11-4-2-3-5-13(11)21-10-14(16)18-19-15(20)12-6-8-17-9-7-12/h2-9H,10H2,1H3,(H2,16,18)(H,19,20). The van der Waals surface area contributed by atoms with Crippen LogP contribution in [0.5, 0.6) is 5.75 Å². The molecule has 0 atom stereocenters. The van der Waals surface area contributed by atoms with Crippen molar-refractivity contribution in [3.63, 3.8) is 0 Å². The zero-order valence-electron chi connectivity index (χ0n) is 11.6. The number of ether oxygens (including phenoxy) is 1. The largest absolute Gasteiger partial charge is 0.485 e. The fraction of sp³-hybridized carbons (Fsp3) is 0.133. The van der Waals surface area contributed by atoms with Crippen LogP contribution in [-0.4, -0.2) is 23.3 Å². The number of benzene rings is 1. The first kappa shape index (κ1) is 14.5. The van der Waals surface area contributed by atoms with Crippen LogP contribution in [0.25, 0.3) is 0 Å². The summed E-state index contributed by atoms with van der Waals surface area (Å²) >= 11 is 0. The van der Waals surface area contributed by atoms with Crippen LogP contribution >= 0.6 is 0 Å². The lowest BCUT2D eigenvalue weighted by atomic mass is 10.2. The van der Waals surface area contributed by atoms with Crippen molar-refractivity contribution < 1.29 is 9.53 Å². The van der Waals surface area contributed by atoms with Gasteiger partial charge in [0.05, 0.1) is 0 Å². The quantitative estimate of drug-likeness (QED) is 0.494. The third-order valence-electron chi connectivity index (χ3n) is 2.71. The number of nitrogens with two attached hydrogens (primary N) is 1. The number of carbonyl (C=O) groups is 1. The van der Waals surface area contributed by atoms with Crippen LogP contribution in [0.3, 0.4) is 0 Å². The third-order valence-corrected chi connectivity index (χ3v) is 2.71. The Labute approximate surface area is 122 Å². The molecular formula is C15H16N4O2. The van der Waals surface area contributed by atoms with Crippen LogP contribution in [0.15, 0.2) is 53.9 Å². The van der Waals surface area contributed by atoms with Gasteiger partial charge in [-0.25, -0.2) is 5.43 Å². The van der Waals surface area contributed by atoms with E-state index in [0.29, 0.717) is 5.56 Å². The number of hydrazone groups is 1. The zero-order valence-corrected chi connectivity index (χ0v) is 11.6. The molecule has 21 heavy (non-hydrogen) atoms. The van der Waals surface area contributed by atoms with Crippen LogP contribution in [0.2, 0.25) is 0 Å². The summed E-state index contributed by atoms with van der Waals surface area (Å²) in [5.74, 6) is 0.563. The van der Waals surface area contributed by atoms with Gasteiger partial charge in [-0.15, -0.1) is 0 Å². The first-order valence-electron chi connectivity index (χ1n) is 6.37. The number of para-hydroxylation sites is 1. The molecule has 6 heteroatoms. The van der Waals surface area contributed by atoms with E-state index in [1.807, 2.05) is 31.2 Å². The fourth-order valence-corrected chi connectivity index (χ4v) is 1.59. The summed E-state index contributed by atoms with van der Waals surface area (Å²) < 4.78 is 5.52. The van der Waals surface area contributed by atoms with Gasteiger partial charge < -0.3 is 10.5 Å². The Hall–Kier alpha value is -2.89. The lowest BCUT2D eigenvalue weighted by Gasteiger charge is -2.08. The van der Waals surface area contributed by atoms with E-state index in [1.165, 1.54) is 12.4 Å². The first-order chi connectivity index (χ1) is 10.2. The third kappa shape index (κ3) is 4.31. The lowest BCUT2D eigenvalue weighted by Crippen LogP contribution is -2.27. The number of nitrogens with one attached hydrogen (secondary N) is 1. The highest BCUT2D eigenvalue weighted by Gasteiger charge is 2.04. The van der Waals surface area contributed by atoms with Gasteiger partial charge in [0.2, 0.25) is 0 Å². The highest BCUT2D eigenvalue weighted by atomic mass is 16.5. The van der Waals surface area contributed by atoms with Crippen molar-refractivity contribution in [3.05, 3.63) is 59.9 Å². The number of amides is 1. The monoisotopic (exact) mass is 284 g/mol. The lowest BCUT2D eigenvalue weighted by molar-refractivity contribution is 0.0954. The number of pyridine rings is 1. The highest BCUT2D eigenvalue weighted by Crippen LogP contribution is 2.15. The van der Waals surface area contributed by atoms with Crippen molar-refractivity contribution in [3.8, 4) is 5.75 Å². The minimum absolute atomic E-state index is 0.0987. The van der Waals surface area contributed by atoms with E-state index in [0.717, 1.165) is 11.3 Å². The van der Waals surface area contributed by atoms with Crippen molar-refractivity contribution in [2.24, 2.45) is 10.8 Å². The molecule has 6 nitrogen and oxygen atoms in total. The van der Waals surface area contributed by atoms with Crippen LogP contribution in [0.4, 0.5) is 0 Å². The molecule has 0 radical (unpaired) electrons.